The van der Waals surface area contributed by atoms with Crippen molar-refractivity contribution in [3.8, 4) is 0 Å². The van der Waals surface area contributed by atoms with Crippen LogP contribution in [-0.4, -0.2) is 35.1 Å². The molecule has 5 nitrogen and oxygen atoms in total. The van der Waals surface area contributed by atoms with Gasteiger partial charge in [0.15, 0.2) is 0 Å². The van der Waals surface area contributed by atoms with Crippen molar-refractivity contribution in [2.75, 3.05) is 24.5 Å². The predicted molar refractivity (Wildman–Crippen MR) is 124 cm³/mol. The number of benzene rings is 1. The monoisotopic (exact) mass is 410 g/mol. The van der Waals surface area contributed by atoms with Crippen LogP contribution in [0.1, 0.15) is 65.2 Å². The summed E-state index contributed by atoms with van der Waals surface area (Å²) >= 11 is 0. The maximum atomic E-state index is 12.5. The molecule has 1 N–H and O–H groups in total. The molecule has 0 atom stereocenters. The maximum absolute atomic E-state index is 12.5. The zero-order chi connectivity index (χ0) is 20.9. The first-order valence-corrected chi connectivity index (χ1v) is 12.1. The van der Waals surface area contributed by atoms with Crippen molar-refractivity contribution in [2.24, 2.45) is 17.8 Å². The van der Waals surface area contributed by atoms with Crippen molar-refractivity contribution in [3.63, 3.8) is 0 Å². The molecule has 0 bridgehead atoms. The number of fused-ring (bicyclic) bond motifs is 1. The first kappa shape index (κ1) is 21.2. The first-order chi connectivity index (χ1) is 14.6. The molecular formula is C25H38N4O. The lowest BCUT2D eigenvalue weighted by Crippen LogP contribution is -2.42. The number of para-hydroxylation sites is 2. The molecule has 5 heteroatoms. The van der Waals surface area contributed by atoms with Gasteiger partial charge in [-0.25, -0.2) is 4.98 Å². The van der Waals surface area contributed by atoms with Crippen LogP contribution < -0.4 is 10.2 Å². The molecule has 0 radical (unpaired) electrons. The standard InChI is InChI=1S/C25H38N4O/c1-19(2)12-15-26-24(30)21-13-16-28(17-14-21)25-27-22-10-6-7-11-23(22)29(25)18-20-8-4-3-5-9-20/h6-7,10-11,19-21H,3-5,8-9,12-18H2,1-2H3,(H,26,30). The van der Waals surface area contributed by atoms with Gasteiger partial charge in [0.1, 0.15) is 0 Å². The second-order valence-corrected chi connectivity index (χ2v) is 9.75. The van der Waals surface area contributed by atoms with Crippen LogP contribution >= 0.6 is 0 Å². The van der Waals surface area contributed by atoms with Gasteiger partial charge in [-0.2, -0.15) is 0 Å². The molecule has 1 saturated heterocycles. The van der Waals surface area contributed by atoms with E-state index in [0.717, 1.165) is 62.8 Å². The highest BCUT2D eigenvalue weighted by Crippen LogP contribution is 2.31. The third kappa shape index (κ3) is 4.98. The Morgan fingerprint density at radius 1 is 1.10 bits per heavy atom. The molecule has 164 valence electrons. The topological polar surface area (TPSA) is 50.2 Å². The van der Waals surface area contributed by atoms with Crippen molar-refractivity contribution >= 4 is 22.9 Å². The molecule has 4 rings (SSSR count). The van der Waals surface area contributed by atoms with Crippen LogP contribution in [0, 0.1) is 17.8 Å². The summed E-state index contributed by atoms with van der Waals surface area (Å²) < 4.78 is 2.47. The van der Waals surface area contributed by atoms with Gasteiger partial charge >= 0.3 is 0 Å². The summed E-state index contributed by atoms with van der Waals surface area (Å²) in [7, 11) is 0. The minimum absolute atomic E-state index is 0.143. The molecule has 1 amide bonds. The fourth-order valence-corrected chi connectivity index (χ4v) is 5.08. The second kappa shape index (κ2) is 9.84. The molecule has 2 heterocycles. The van der Waals surface area contributed by atoms with E-state index in [1.54, 1.807) is 0 Å². The smallest absolute Gasteiger partial charge is 0.223 e. The molecule has 0 unspecified atom stereocenters. The molecule has 2 aliphatic rings. The highest BCUT2D eigenvalue weighted by atomic mass is 16.1. The van der Waals surface area contributed by atoms with Gasteiger partial charge < -0.3 is 14.8 Å². The second-order valence-electron chi connectivity index (χ2n) is 9.75. The van der Waals surface area contributed by atoms with Gasteiger partial charge in [0.05, 0.1) is 11.0 Å². The summed E-state index contributed by atoms with van der Waals surface area (Å²) in [5, 5.41) is 3.15. The van der Waals surface area contributed by atoms with Gasteiger partial charge in [0, 0.05) is 32.1 Å². The molecule has 2 fully saturated rings. The number of nitrogens with zero attached hydrogens (tertiary/aromatic N) is 3. The normalized spacial score (nSPS) is 19.0. The van der Waals surface area contributed by atoms with Crippen LogP contribution in [0.4, 0.5) is 5.95 Å². The van der Waals surface area contributed by atoms with Gasteiger partial charge in [-0.05, 0) is 56.1 Å². The van der Waals surface area contributed by atoms with Gasteiger partial charge in [0.2, 0.25) is 11.9 Å². The lowest BCUT2D eigenvalue weighted by atomic mass is 9.89. The largest absolute Gasteiger partial charge is 0.356 e. The van der Waals surface area contributed by atoms with E-state index in [1.807, 2.05) is 0 Å². The Bertz CT molecular complexity index is 829. The highest BCUT2D eigenvalue weighted by molar-refractivity contribution is 5.80. The molecule has 1 aliphatic carbocycles. The molecule has 1 aromatic heterocycles. The van der Waals surface area contributed by atoms with E-state index in [4.69, 9.17) is 4.98 Å². The number of nitrogens with one attached hydrogen (secondary N) is 1. The Morgan fingerprint density at radius 3 is 2.57 bits per heavy atom. The zero-order valence-corrected chi connectivity index (χ0v) is 18.8. The van der Waals surface area contributed by atoms with Crippen molar-refractivity contribution in [1.82, 2.24) is 14.9 Å². The third-order valence-corrected chi connectivity index (χ3v) is 6.97. The summed E-state index contributed by atoms with van der Waals surface area (Å²) in [6, 6.07) is 8.55. The highest BCUT2D eigenvalue weighted by Gasteiger charge is 2.28. The number of piperidine rings is 1. The summed E-state index contributed by atoms with van der Waals surface area (Å²) in [6.45, 7) is 8.10. The first-order valence-electron chi connectivity index (χ1n) is 12.1. The van der Waals surface area contributed by atoms with Crippen LogP contribution in [-0.2, 0) is 11.3 Å². The van der Waals surface area contributed by atoms with Crippen LogP contribution in [0.5, 0.6) is 0 Å². The quantitative estimate of drug-likeness (QED) is 0.699. The Balaban J connectivity index is 1.43. The molecule has 0 spiro atoms. The predicted octanol–water partition coefficient (Wildman–Crippen LogP) is 5.00. The zero-order valence-electron chi connectivity index (χ0n) is 18.8. The molecule has 30 heavy (non-hydrogen) atoms. The molecule has 1 aliphatic heterocycles. The van der Waals surface area contributed by atoms with E-state index in [0.29, 0.717) is 5.92 Å². The van der Waals surface area contributed by atoms with Crippen molar-refractivity contribution in [3.05, 3.63) is 24.3 Å². The molecular weight excluding hydrogens is 372 g/mol. The minimum atomic E-state index is 0.143. The number of rotatable bonds is 7. The Hall–Kier alpha value is -2.04. The molecule has 2 aromatic rings. The number of carbonyl (C=O) groups excluding carboxylic acids is 1. The maximum Gasteiger partial charge on any atom is 0.223 e. The van der Waals surface area contributed by atoms with Crippen molar-refractivity contribution < 1.29 is 4.79 Å². The van der Waals surface area contributed by atoms with Gasteiger partial charge in [0.25, 0.3) is 0 Å². The minimum Gasteiger partial charge on any atom is -0.356 e. The van der Waals surface area contributed by atoms with Crippen LogP contribution in [0.25, 0.3) is 11.0 Å². The average molecular weight is 411 g/mol. The summed E-state index contributed by atoms with van der Waals surface area (Å²) in [4.78, 5) is 20.0. The Kier molecular flexibility index (Phi) is 6.96. The number of hydrogen-bond donors (Lipinski definition) is 1. The average Bonchev–Trinajstić information content (AvgIpc) is 3.13. The van der Waals surface area contributed by atoms with Crippen LogP contribution in [0.3, 0.4) is 0 Å². The number of hydrogen-bond acceptors (Lipinski definition) is 3. The van der Waals surface area contributed by atoms with Crippen LogP contribution in [0.15, 0.2) is 24.3 Å². The van der Waals surface area contributed by atoms with E-state index in [1.165, 1.54) is 37.6 Å². The summed E-state index contributed by atoms with van der Waals surface area (Å²) in [5.74, 6) is 2.89. The van der Waals surface area contributed by atoms with Gasteiger partial charge in [-0.3, -0.25) is 4.79 Å². The van der Waals surface area contributed by atoms with E-state index in [9.17, 15) is 4.79 Å². The summed E-state index contributed by atoms with van der Waals surface area (Å²) in [6.07, 6.45) is 9.68. The third-order valence-electron chi connectivity index (χ3n) is 6.97. The Labute approximate surface area is 181 Å². The molecule has 1 aromatic carbocycles. The molecule has 1 saturated carbocycles. The number of amides is 1. The fourth-order valence-electron chi connectivity index (χ4n) is 5.08. The number of aromatic nitrogens is 2. The van der Waals surface area contributed by atoms with E-state index in [-0.39, 0.29) is 11.8 Å². The van der Waals surface area contributed by atoms with Crippen molar-refractivity contribution in [2.45, 2.75) is 71.8 Å². The number of carbonyl (C=O) groups is 1. The summed E-state index contributed by atoms with van der Waals surface area (Å²) in [5.41, 5.74) is 2.35. The lowest BCUT2D eigenvalue weighted by molar-refractivity contribution is -0.125. The fraction of sp³-hybridized carbons (Fsp3) is 0.680. The number of imidazole rings is 1. The number of anilines is 1. The van der Waals surface area contributed by atoms with E-state index >= 15 is 0 Å². The van der Waals surface area contributed by atoms with E-state index in [2.05, 4.69) is 52.9 Å². The lowest BCUT2D eigenvalue weighted by Gasteiger charge is -2.33. The van der Waals surface area contributed by atoms with Crippen LogP contribution in [0.2, 0.25) is 0 Å². The van der Waals surface area contributed by atoms with E-state index < -0.39 is 0 Å². The van der Waals surface area contributed by atoms with Crippen molar-refractivity contribution in [1.29, 1.82) is 0 Å². The Morgan fingerprint density at radius 2 is 1.83 bits per heavy atom. The van der Waals surface area contributed by atoms with Gasteiger partial charge in [-0.1, -0.05) is 45.2 Å². The SMILES string of the molecule is CC(C)CCNC(=O)C1CCN(c2nc3ccccc3n2CC2CCCCC2)CC1. The van der Waals surface area contributed by atoms with Gasteiger partial charge in [-0.15, -0.1) is 0 Å².